The summed E-state index contributed by atoms with van der Waals surface area (Å²) in [5.41, 5.74) is -0.0851. The third-order valence-corrected chi connectivity index (χ3v) is 3.28. The number of hydrogen-bond donors (Lipinski definition) is 2. The highest BCUT2D eigenvalue weighted by atomic mass is 19.2. The van der Waals surface area contributed by atoms with Crippen molar-refractivity contribution in [3.05, 3.63) is 35.4 Å². The summed E-state index contributed by atoms with van der Waals surface area (Å²) in [5, 5.41) is 11.4. The largest absolute Gasteiger partial charge is 0.480 e. The van der Waals surface area contributed by atoms with Crippen molar-refractivity contribution in [2.75, 3.05) is 0 Å². The molecule has 1 amide bonds. The van der Waals surface area contributed by atoms with Crippen LogP contribution in [0, 0.1) is 17.6 Å². The quantitative estimate of drug-likeness (QED) is 0.837. The predicted molar refractivity (Wildman–Crippen MR) is 67.0 cm³/mol. The lowest BCUT2D eigenvalue weighted by Gasteiger charge is -2.14. The molecule has 6 heteroatoms. The van der Waals surface area contributed by atoms with Gasteiger partial charge in [-0.2, -0.15) is 0 Å². The molecule has 1 unspecified atom stereocenters. The number of aliphatic carboxylic acids is 1. The molecule has 1 fully saturated rings. The minimum absolute atomic E-state index is 0.0851. The van der Waals surface area contributed by atoms with E-state index in [0.29, 0.717) is 12.3 Å². The fourth-order valence-electron chi connectivity index (χ4n) is 2.01. The van der Waals surface area contributed by atoms with Gasteiger partial charge in [0, 0.05) is 5.56 Å². The van der Waals surface area contributed by atoms with Gasteiger partial charge in [-0.05, 0) is 18.4 Å². The van der Waals surface area contributed by atoms with E-state index in [9.17, 15) is 18.4 Å². The molecule has 1 aromatic rings. The molecule has 2 rings (SSSR count). The maximum Gasteiger partial charge on any atom is 0.326 e. The van der Waals surface area contributed by atoms with Gasteiger partial charge in [-0.25, -0.2) is 13.6 Å². The molecular weight excluding hydrogens is 268 g/mol. The summed E-state index contributed by atoms with van der Waals surface area (Å²) in [5.74, 6) is -3.49. The molecule has 0 aromatic heterocycles. The van der Waals surface area contributed by atoms with E-state index in [4.69, 9.17) is 5.11 Å². The van der Waals surface area contributed by atoms with Crippen molar-refractivity contribution < 1.29 is 23.5 Å². The van der Waals surface area contributed by atoms with Gasteiger partial charge in [0.1, 0.15) is 6.04 Å². The van der Waals surface area contributed by atoms with Crippen LogP contribution in [0.15, 0.2) is 18.2 Å². The van der Waals surface area contributed by atoms with Gasteiger partial charge in [0.2, 0.25) is 5.91 Å². The molecule has 1 saturated carbocycles. The molecule has 0 radical (unpaired) electrons. The molecule has 1 atom stereocenters. The Hall–Kier alpha value is -1.98. The van der Waals surface area contributed by atoms with Crippen LogP contribution in [0.4, 0.5) is 8.78 Å². The number of carboxylic acid groups (broad SMARTS) is 1. The number of carboxylic acids is 1. The number of nitrogens with one attached hydrogen (secondary N) is 1. The summed E-state index contributed by atoms with van der Waals surface area (Å²) < 4.78 is 26.4. The lowest BCUT2D eigenvalue weighted by molar-refractivity contribution is -0.142. The molecule has 0 spiro atoms. The van der Waals surface area contributed by atoms with Gasteiger partial charge in [-0.3, -0.25) is 4.79 Å². The van der Waals surface area contributed by atoms with Crippen LogP contribution in [0.1, 0.15) is 24.8 Å². The number of carbonyl (C=O) groups is 2. The minimum Gasteiger partial charge on any atom is -0.480 e. The average molecular weight is 283 g/mol. The van der Waals surface area contributed by atoms with E-state index in [1.54, 1.807) is 0 Å². The van der Waals surface area contributed by atoms with Crippen molar-refractivity contribution in [1.82, 2.24) is 5.32 Å². The molecule has 108 valence electrons. The van der Waals surface area contributed by atoms with Crippen molar-refractivity contribution in [2.45, 2.75) is 31.7 Å². The van der Waals surface area contributed by atoms with Crippen LogP contribution in [-0.2, 0) is 16.0 Å². The van der Waals surface area contributed by atoms with Crippen molar-refractivity contribution in [3.8, 4) is 0 Å². The highest BCUT2D eigenvalue weighted by Crippen LogP contribution is 2.33. The normalized spacial score (nSPS) is 15.7. The maximum absolute atomic E-state index is 13.4. The Kier molecular flexibility index (Phi) is 4.32. The number of benzene rings is 1. The summed E-state index contributed by atoms with van der Waals surface area (Å²) in [6.45, 7) is 0. The second-order valence-corrected chi connectivity index (χ2v) is 5.03. The maximum atomic E-state index is 13.4. The van der Waals surface area contributed by atoms with E-state index in [-0.39, 0.29) is 12.0 Å². The van der Waals surface area contributed by atoms with Crippen molar-refractivity contribution >= 4 is 11.9 Å². The van der Waals surface area contributed by atoms with E-state index in [2.05, 4.69) is 5.32 Å². The first kappa shape index (κ1) is 14.4. The van der Waals surface area contributed by atoms with Crippen molar-refractivity contribution in [1.29, 1.82) is 0 Å². The van der Waals surface area contributed by atoms with Gasteiger partial charge in [0.05, 0.1) is 6.42 Å². The van der Waals surface area contributed by atoms with Gasteiger partial charge in [-0.1, -0.05) is 25.0 Å². The summed E-state index contributed by atoms with van der Waals surface area (Å²) in [6.07, 6.45) is 1.95. The number of hydrogen-bond acceptors (Lipinski definition) is 2. The van der Waals surface area contributed by atoms with Gasteiger partial charge in [0.15, 0.2) is 11.6 Å². The number of rotatable bonds is 6. The Labute approximate surface area is 114 Å². The SMILES string of the molecule is O=C(Cc1cccc(F)c1F)NC(CC1CC1)C(=O)O. The second-order valence-electron chi connectivity index (χ2n) is 5.03. The Bertz CT molecular complexity index is 529. The van der Waals surface area contributed by atoms with Crippen LogP contribution >= 0.6 is 0 Å². The highest BCUT2D eigenvalue weighted by Gasteiger charge is 2.30. The minimum atomic E-state index is -1.11. The predicted octanol–water partition coefficient (Wildman–Crippen LogP) is 1.88. The van der Waals surface area contributed by atoms with Crippen LogP contribution in [0.2, 0.25) is 0 Å². The highest BCUT2D eigenvalue weighted by molar-refractivity contribution is 5.84. The second kappa shape index (κ2) is 5.98. The van der Waals surface area contributed by atoms with E-state index < -0.39 is 29.6 Å². The Morgan fingerprint density at radius 2 is 2.05 bits per heavy atom. The molecule has 2 N–H and O–H groups in total. The van der Waals surface area contributed by atoms with Gasteiger partial charge in [-0.15, -0.1) is 0 Å². The zero-order chi connectivity index (χ0) is 14.7. The average Bonchev–Trinajstić information content (AvgIpc) is 3.18. The van der Waals surface area contributed by atoms with Crippen LogP contribution in [0.5, 0.6) is 0 Å². The van der Waals surface area contributed by atoms with Crippen molar-refractivity contribution in [2.24, 2.45) is 5.92 Å². The third-order valence-electron chi connectivity index (χ3n) is 3.28. The Balaban J connectivity index is 1.96. The fourth-order valence-corrected chi connectivity index (χ4v) is 2.01. The smallest absolute Gasteiger partial charge is 0.326 e. The molecular formula is C14H15F2NO3. The fraction of sp³-hybridized carbons (Fsp3) is 0.429. The number of amides is 1. The van der Waals surface area contributed by atoms with Gasteiger partial charge >= 0.3 is 5.97 Å². The lowest BCUT2D eigenvalue weighted by atomic mass is 10.1. The standard InChI is InChI=1S/C14H15F2NO3/c15-10-3-1-2-9(13(10)16)7-12(18)17-11(14(19)20)6-8-4-5-8/h1-3,8,11H,4-7H2,(H,17,18)(H,19,20). The van der Waals surface area contributed by atoms with E-state index in [1.807, 2.05) is 0 Å². The molecule has 4 nitrogen and oxygen atoms in total. The summed E-state index contributed by atoms with van der Waals surface area (Å²) >= 11 is 0. The topological polar surface area (TPSA) is 66.4 Å². The molecule has 0 aliphatic heterocycles. The zero-order valence-electron chi connectivity index (χ0n) is 10.7. The first-order chi connectivity index (χ1) is 9.47. The van der Waals surface area contributed by atoms with E-state index >= 15 is 0 Å². The monoisotopic (exact) mass is 283 g/mol. The van der Waals surface area contributed by atoms with E-state index in [0.717, 1.165) is 18.9 Å². The molecule has 20 heavy (non-hydrogen) atoms. The first-order valence-electron chi connectivity index (χ1n) is 6.42. The van der Waals surface area contributed by atoms with Crippen LogP contribution in [0.3, 0.4) is 0 Å². The molecule has 1 aliphatic carbocycles. The van der Waals surface area contributed by atoms with Crippen LogP contribution < -0.4 is 5.32 Å². The molecule has 0 saturated heterocycles. The molecule has 1 aromatic carbocycles. The lowest BCUT2D eigenvalue weighted by Crippen LogP contribution is -2.41. The van der Waals surface area contributed by atoms with Crippen molar-refractivity contribution in [3.63, 3.8) is 0 Å². The van der Waals surface area contributed by atoms with Crippen LogP contribution in [-0.4, -0.2) is 23.0 Å². The summed E-state index contributed by atoms with van der Waals surface area (Å²) in [7, 11) is 0. The van der Waals surface area contributed by atoms with E-state index in [1.165, 1.54) is 12.1 Å². The molecule has 1 aliphatic rings. The molecule has 0 bridgehead atoms. The number of halogens is 2. The van der Waals surface area contributed by atoms with Gasteiger partial charge in [0.25, 0.3) is 0 Å². The van der Waals surface area contributed by atoms with Crippen LogP contribution in [0.25, 0.3) is 0 Å². The Morgan fingerprint density at radius 1 is 1.35 bits per heavy atom. The number of carbonyl (C=O) groups excluding carboxylic acids is 1. The zero-order valence-corrected chi connectivity index (χ0v) is 10.7. The summed E-state index contributed by atoms with van der Waals surface area (Å²) in [4.78, 5) is 22.8. The first-order valence-corrected chi connectivity index (χ1v) is 6.42. The van der Waals surface area contributed by atoms with Gasteiger partial charge < -0.3 is 10.4 Å². The summed E-state index contributed by atoms with van der Waals surface area (Å²) in [6, 6.07) is 2.60. The third kappa shape index (κ3) is 3.76. The molecule has 0 heterocycles. The Morgan fingerprint density at radius 3 is 2.65 bits per heavy atom.